The number of nitrogens with zero attached hydrogens (tertiary/aromatic N) is 3. The number of aromatic nitrogens is 1. The van der Waals surface area contributed by atoms with Crippen LogP contribution in [0.25, 0.3) is 20.2 Å². The highest BCUT2D eigenvalue weighted by atomic mass is 32.2. The van der Waals surface area contributed by atoms with Gasteiger partial charge in [0.05, 0.1) is 8.91 Å². The summed E-state index contributed by atoms with van der Waals surface area (Å²) in [6, 6.07) is 18.4. The molecule has 1 aliphatic heterocycles. The molecule has 4 aromatic rings. The van der Waals surface area contributed by atoms with Crippen molar-refractivity contribution in [2.75, 3.05) is 37.6 Å². The van der Waals surface area contributed by atoms with Crippen molar-refractivity contribution in [3.8, 4) is 0 Å². The topological polar surface area (TPSA) is 31.4 Å². The molecule has 1 saturated heterocycles. The van der Waals surface area contributed by atoms with Crippen LogP contribution in [0.1, 0.15) is 37.7 Å². The average molecular weight is 523 g/mol. The number of rotatable bonds is 7. The second kappa shape index (κ2) is 10.8. The number of hydrogen-bond acceptors (Lipinski definition) is 7. The van der Waals surface area contributed by atoms with Crippen molar-refractivity contribution >= 4 is 60.8 Å². The minimum Gasteiger partial charge on any atom is -0.353 e. The maximum atomic E-state index is 4.76. The minimum absolute atomic E-state index is 0.652. The highest BCUT2D eigenvalue weighted by Crippen LogP contribution is 2.35. The maximum Gasteiger partial charge on any atom is 0.150 e. The summed E-state index contributed by atoms with van der Waals surface area (Å²) in [4.78, 5) is 5.16. The van der Waals surface area contributed by atoms with Crippen LogP contribution in [0.3, 0.4) is 0 Å². The third kappa shape index (κ3) is 5.54. The number of hydrogen-bond donors (Lipinski definition) is 1. The van der Waals surface area contributed by atoms with E-state index in [0.717, 1.165) is 32.1 Å². The van der Waals surface area contributed by atoms with Crippen LogP contribution in [0.15, 0.2) is 52.7 Å². The third-order valence-electron chi connectivity index (χ3n) is 7.71. The molecule has 1 saturated carbocycles. The smallest absolute Gasteiger partial charge is 0.150 e. The van der Waals surface area contributed by atoms with Gasteiger partial charge >= 0.3 is 0 Å². The van der Waals surface area contributed by atoms with Crippen molar-refractivity contribution in [3.63, 3.8) is 0 Å². The van der Waals surface area contributed by atoms with Gasteiger partial charge in [0.25, 0.3) is 0 Å². The Balaban J connectivity index is 0.912. The van der Waals surface area contributed by atoms with Crippen molar-refractivity contribution in [1.82, 2.24) is 14.0 Å². The number of fused-ring (bicyclic) bond motifs is 2. The van der Waals surface area contributed by atoms with E-state index in [1.807, 2.05) is 23.3 Å². The van der Waals surface area contributed by atoms with Gasteiger partial charge in [0.15, 0.2) is 0 Å². The summed E-state index contributed by atoms with van der Waals surface area (Å²) in [5, 5.41) is 2.70. The predicted molar refractivity (Wildman–Crippen MR) is 154 cm³/mol. The van der Waals surface area contributed by atoms with Gasteiger partial charge in [-0.1, -0.05) is 29.8 Å². The first-order valence-corrected chi connectivity index (χ1v) is 15.4. The first-order chi connectivity index (χ1) is 17.2. The van der Waals surface area contributed by atoms with Crippen LogP contribution < -0.4 is 9.62 Å². The maximum absolute atomic E-state index is 4.76. The Bertz CT molecular complexity index is 1270. The van der Waals surface area contributed by atoms with Crippen molar-refractivity contribution in [3.05, 3.63) is 54.1 Å². The molecule has 0 amide bonds. The number of thiophene rings is 1. The third-order valence-corrected chi connectivity index (χ3v) is 10.7. The van der Waals surface area contributed by atoms with Crippen LogP contribution in [0.5, 0.6) is 0 Å². The summed E-state index contributed by atoms with van der Waals surface area (Å²) in [6.07, 6.45) is 6.72. The number of nitrogens with one attached hydrogen (secondary N) is 1. The number of aryl methyl sites for hydroxylation is 1. The summed E-state index contributed by atoms with van der Waals surface area (Å²) in [5.41, 5.74) is 1.34. The molecule has 2 aromatic heterocycles. The molecular formula is C28H34N4S3. The van der Waals surface area contributed by atoms with Crippen LogP contribution in [0, 0.1) is 12.8 Å². The first kappa shape index (κ1) is 23.7. The number of piperazine rings is 1. The van der Waals surface area contributed by atoms with Crippen molar-refractivity contribution < 1.29 is 0 Å². The fraction of sp³-hybridized carbons (Fsp3) is 0.464. The SMILES string of the molecule is Cc1ccc2sc(SNC3CCC(CCN4CCN(c5nsc6ccccc56)CC4)CC3)cc2c1. The van der Waals surface area contributed by atoms with Crippen LogP contribution in [-0.4, -0.2) is 48.0 Å². The van der Waals surface area contributed by atoms with E-state index in [-0.39, 0.29) is 0 Å². The van der Waals surface area contributed by atoms with E-state index in [0.29, 0.717) is 6.04 Å². The summed E-state index contributed by atoms with van der Waals surface area (Å²) >= 11 is 5.38. The van der Waals surface area contributed by atoms with Gasteiger partial charge < -0.3 is 4.90 Å². The average Bonchev–Trinajstić information content (AvgIpc) is 3.51. The molecule has 1 aliphatic carbocycles. The molecule has 0 unspecified atom stereocenters. The van der Waals surface area contributed by atoms with Gasteiger partial charge in [0.1, 0.15) is 5.82 Å². The number of anilines is 1. The Kier molecular flexibility index (Phi) is 7.30. The minimum atomic E-state index is 0.652. The Morgan fingerprint density at radius 1 is 0.971 bits per heavy atom. The zero-order valence-corrected chi connectivity index (χ0v) is 22.9. The summed E-state index contributed by atoms with van der Waals surface area (Å²) in [5.74, 6) is 2.09. The lowest BCUT2D eigenvalue weighted by atomic mass is 9.84. The largest absolute Gasteiger partial charge is 0.353 e. The normalized spacial score (nSPS) is 21.8. The van der Waals surface area contributed by atoms with Gasteiger partial charge in [-0.2, -0.15) is 4.37 Å². The van der Waals surface area contributed by atoms with Crippen LogP contribution in [-0.2, 0) is 0 Å². The highest BCUT2D eigenvalue weighted by molar-refractivity contribution is 7.99. The lowest BCUT2D eigenvalue weighted by Gasteiger charge is -2.36. The molecule has 0 bridgehead atoms. The van der Waals surface area contributed by atoms with Crippen LogP contribution in [0.2, 0.25) is 0 Å². The molecule has 0 atom stereocenters. The van der Waals surface area contributed by atoms with E-state index >= 15 is 0 Å². The second-order valence-corrected chi connectivity index (χ2v) is 13.2. The zero-order valence-electron chi connectivity index (χ0n) is 20.4. The fourth-order valence-electron chi connectivity index (χ4n) is 5.55. The molecule has 7 heteroatoms. The van der Waals surface area contributed by atoms with Gasteiger partial charge in [0, 0.05) is 42.3 Å². The van der Waals surface area contributed by atoms with Gasteiger partial charge in [-0.3, -0.25) is 9.62 Å². The van der Waals surface area contributed by atoms with E-state index in [1.54, 1.807) is 11.5 Å². The summed E-state index contributed by atoms with van der Waals surface area (Å²) < 4.78 is 12.6. The Labute approximate surface area is 221 Å². The second-order valence-electron chi connectivity index (χ2n) is 10.2. The van der Waals surface area contributed by atoms with E-state index in [4.69, 9.17) is 4.37 Å². The predicted octanol–water partition coefficient (Wildman–Crippen LogP) is 7.19. The molecule has 184 valence electrons. The molecule has 2 fully saturated rings. The molecule has 3 heterocycles. The molecule has 6 rings (SSSR count). The standard InChI is InChI=1S/C28H34N4S3/c1-20-6-11-25-22(18-20)19-27(33-25)35-29-23-9-7-21(8-10-23)12-13-31-14-16-32(17-15-31)28-24-4-2-3-5-26(24)34-30-28/h2-6,11,18-19,21,23,29H,7-10,12-17H2,1H3. The molecule has 35 heavy (non-hydrogen) atoms. The van der Waals surface area contributed by atoms with Crippen molar-refractivity contribution in [2.45, 2.75) is 49.3 Å². The van der Waals surface area contributed by atoms with E-state index in [1.165, 1.54) is 74.4 Å². The highest BCUT2D eigenvalue weighted by Gasteiger charge is 2.24. The molecule has 2 aliphatic rings. The quantitative estimate of drug-likeness (QED) is 0.260. The van der Waals surface area contributed by atoms with Gasteiger partial charge in [-0.15, -0.1) is 11.3 Å². The van der Waals surface area contributed by atoms with Crippen molar-refractivity contribution in [2.24, 2.45) is 5.92 Å². The zero-order chi connectivity index (χ0) is 23.6. The van der Waals surface area contributed by atoms with Crippen LogP contribution >= 0.6 is 34.8 Å². The monoisotopic (exact) mass is 522 g/mol. The summed E-state index contributed by atoms with van der Waals surface area (Å²) in [7, 11) is 0. The molecule has 0 radical (unpaired) electrons. The van der Waals surface area contributed by atoms with E-state index < -0.39 is 0 Å². The van der Waals surface area contributed by atoms with Crippen molar-refractivity contribution in [1.29, 1.82) is 0 Å². The lowest BCUT2D eigenvalue weighted by Crippen LogP contribution is -2.47. The fourth-order valence-corrected chi connectivity index (χ4v) is 8.40. The molecular weight excluding hydrogens is 489 g/mol. The Hall–Kier alpha value is -1.64. The molecule has 1 N–H and O–H groups in total. The molecule has 0 spiro atoms. The van der Waals surface area contributed by atoms with Gasteiger partial charge in [0.2, 0.25) is 0 Å². The lowest BCUT2D eigenvalue weighted by molar-refractivity contribution is 0.215. The van der Waals surface area contributed by atoms with E-state index in [9.17, 15) is 0 Å². The summed E-state index contributed by atoms with van der Waals surface area (Å²) in [6.45, 7) is 7.94. The molecule has 2 aromatic carbocycles. The molecule has 4 nitrogen and oxygen atoms in total. The Morgan fingerprint density at radius 2 is 1.80 bits per heavy atom. The van der Waals surface area contributed by atoms with Crippen LogP contribution in [0.4, 0.5) is 5.82 Å². The Morgan fingerprint density at radius 3 is 2.66 bits per heavy atom. The van der Waals surface area contributed by atoms with E-state index in [2.05, 4.69) is 70.0 Å². The number of benzene rings is 2. The first-order valence-electron chi connectivity index (χ1n) is 13.0. The van der Waals surface area contributed by atoms with Gasteiger partial charge in [-0.25, -0.2) is 0 Å². The van der Waals surface area contributed by atoms with Gasteiger partial charge in [-0.05, 0) is 105 Å².